The summed E-state index contributed by atoms with van der Waals surface area (Å²) < 4.78 is 14.6. The average molecular weight is 223 g/mol. The van der Waals surface area contributed by atoms with Crippen LogP contribution in [-0.2, 0) is 11.8 Å². The van der Waals surface area contributed by atoms with Crippen LogP contribution in [0.2, 0.25) is 0 Å². The van der Waals surface area contributed by atoms with Crippen molar-refractivity contribution in [2.24, 2.45) is 7.05 Å². The molecule has 2 rings (SSSR count). The Morgan fingerprint density at radius 3 is 2.81 bits per heavy atom. The van der Waals surface area contributed by atoms with Gasteiger partial charge in [-0.05, 0) is 18.2 Å². The van der Waals surface area contributed by atoms with Crippen molar-refractivity contribution >= 4 is 16.9 Å². The molecular weight excluding hydrogens is 213 g/mol. The molecule has 0 spiro atoms. The van der Waals surface area contributed by atoms with Crippen molar-refractivity contribution in [3.8, 4) is 0 Å². The Kier molecular flexibility index (Phi) is 2.40. The number of carboxylic acids is 1. The van der Waals surface area contributed by atoms with E-state index in [4.69, 9.17) is 5.11 Å². The van der Waals surface area contributed by atoms with Crippen LogP contribution in [-0.4, -0.2) is 20.7 Å². The number of carboxylic acid groups (broad SMARTS) is 1. The van der Waals surface area contributed by atoms with Crippen molar-refractivity contribution in [1.29, 1.82) is 0 Å². The minimum Gasteiger partial charge on any atom is -0.479 e. The number of hydrogen-bond donors (Lipinski definition) is 2. The maximum atomic E-state index is 13.0. The van der Waals surface area contributed by atoms with E-state index < -0.39 is 17.9 Å². The zero-order chi connectivity index (χ0) is 11.9. The molecule has 0 radical (unpaired) electrons. The van der Waals surface area contributed by atoms with Crippen LogP contribution in [0.3, 0.4) is 0 Å². The monoisotopic (exact) mass is 223 g/mol. The minimum absolute atomic E-state index is 0.269. The molecule has 0 fully saturated rings. The lowest BCUT2D eigenvalue weighted by atomic mass is 10.1. The molecular formula is C11H10FNO3. The van der Waals surface area contributed by atoms with Crippen LogP contribution in [0.25, 0.3) is 10.9 Å². The molecule has 4 nitrogen and oxygen atoms in total. The second-order valence-electron chi connectivity index (χ2n) is 3.60. The second kappa shape index (κ2) is 3.61. The number of halogens is 1. The Labute approximate surface area is 90.5 Å². The molecule has 0 aliphatic heterocycles. The highest BCUT2D eigenvalue weighted by atomic mass is 19.1. The van der Waals surface area contributed by atoms with Gasteiger partial charge in [0.2, 0.25) is 0 Å². The summed E-state index contributed by atoms with van der Waals surface area (Å²) in [5.41, 5.74) is 0.820. The van der Waals surface area contributed by atoms with E-state index in [1.54, 1.807) is 11.6 Å². The first-order chi connectivity index (χ1) is 7.50. The van der Waals surface area contributed by atoms with Crippen LogP contribution in [0.15, 0.2) is 24.4 Å². The molecule has 0 saturated carbocycles. The highest BCUT2D eigenvalue weighted by Gasteiger charge is 2.20. The summed E-state index contributed by atoms with van der Waals surface area (Å²) in [4.78, 5) is 10.7. The predicted octanol–water partition coefficient (Wildman–Crippen LogP) is 1.44. The van der Waals surface area contributed by atoms with Crippen molar-refractivity contribution < 1.29 is 19.4 Å². The number of benzene rings is 1. The lowest BCUT2D eigenvalue weighted by Gasteiger charge is -2.02. The Bertz CT molecular complexity index is 562. The number of aliphatic carboxylic acids is 1. The smallest absolute Gasteiger partial charge is 0.337 e. The number of aromatic nitrogens is 1. The lowest BCUT2D eigenvalue weighted by Crippen LogP contribution is -2.09. The summed E-state index contributed by atoms with van der Waals surface area (Å²) in [7, 11) is 1.67. The third-order valence-corrected chi connectivity index (χ3v) is 2.51. The summed E-state index contributed by atoms with van der Waals surface area (Å²) in [6.07, 6.45) is -0.0998. The van der Waals surface area contributed by atoms with Gasteiger partial charge in [0, 0.05) is 24.2 Å². The van der Waals surface area contributed by atoms with Gasteiger partial charge in [0.25, 0.3) is 0 Å². The third kappa shape index (κ3) is 1.55. The first-order valence-electron chi connectivity index (χ1n) is 4.66. The van der Waals surface area contributed by atoms with Crippen molar-refractivity contribution in [2.45, 2.75) is 6.10 Å². The van der Waals surface area contributed by atoms with Gasteiger partial charge >= 0.3 is 5.97 Å². The molecule has 1 atom stereocenters. The van der Waals surface area contributed by atoms with E-state index in [2.05, 4.69) is 0 Å². The summed E-state index contributed by atoms with van der Waals surface area (Å²) in [6.45, 7) is 0. The highest BCUT2D eigenvalue weighted by Crippen LogP contribution is 2.26. The fourth-order valence-corrected chi connectivity index (χ4v) is 1.74. The fraction of sp³-hybridized carbons (Fsp3) is 0.182. The van der Waals surface area contributed by atoms with Gasteiger partial charge in [0.05, 0.1) is 5.52 Å². The zero-order valence-corrected chi connectivity index (χ0v) is 8.51. The number of rotatable bonds is 2. The van der Waals surface area contributed by atoms with E-state index in [0.29, 0.717) is 10.9 Å². The standard InChI is InChI=1S/C11H10FNO3/c1-13-5-8(10(14)11(15)16)7-3-2-6(12)4-9(7)13/h2-5,10,14H,1H3,(H,15,16). The van der Waals surface area contributed by atoms with Crippen LogP contribution < -0.4 is 0 Å². The molecule has 0 aliphatic carbocycles. The number of nitrogens with zero attached hydrogens (tertiary/aromatic N) is 1. The predicted molar refractivity (Wildman–Crippen MR) is 55.5 cm³/mol. The summed E-state index contributed by atoms with van der Waals surface area (Å²) >= 11 is 0. The van der Waals surface area contributed by atoms with E-state index in [1.165, 1.54) is 24.4 Å². The van der Waals surface area contributed by atoms with Crippen LogP contribution in [0, 0.1) is 5.82 Å². The van der Waals surface area contributed by atoms with Gasteiger partial charge in [-0.15, -0.1) is 0 Å². The molecule has 0 amide bonds. The number of aliphatic hydroxyl groups is 1. The van der Waals surface area contributed by atoms with E-state index in [-0.39, 0.29) is 5.56 Å². The molecule has 0 aliphatic rings. The average Bonchev–Trinajstić information content (AvgIpc) is 2.55. The third-order valence-electron chi connectivity index (χ3n) is 2.51. The van der Waals surface area contributed by atoms with Crippen LogP contribution >= 0.6 is 0 Å². The Hall–Kier alpha value is -1.88. The Balaban J connectivity index is 2.68. The normalized spacial score (nSPS) is 12.9. The van der Waals surface area contributed by atoms with E-state index in [9.17, 15) is 14.3 Å². The highest BCUT2D eigenvalue weighted by molar-refractivity contribution is 5.89. The summed E-state index contributed by atoms with van der Waals surface area (Å²) in [5, 5.41) is 18.7. The molecule has 0 saturated heterocycles. The number of fused-ring (bicyclic) bond motifs is 1. The number of hydrogen-bond acceptors (Lipinski definition) is 2. The molecule has 1 heterocycles. The van der Waals surface area contributed by atoms with Crippen LogP contribution in [0.1, 0.15) is 11.7 Å². The zero-order valence-electron chi connectivity index (χ0n) is 8.51. The topological polar surface area (TPSA) is 62.5 Å². The molecule has 16 heavy (non-hydrogen) atoms. The SMILES string of the molecule is Cn1cc(C(O)C(=O)O)c2ccc(F)cc21. The second-order valence-corrected chi connectivity index (χ2v) is 3.60. The Morgan fingerprint density at radius 1 is 1.50 bits per heavy atom. The molecule has 5 heteroatoms. The van der Waals surface area contributed by atoms with Gasteiger partial charge in [-0.25, -0.2) is 9.18 Å². The maximum absolute atomic E-state index is 13.0. The van der Waals surface area contributed by atoms with Gasteiger partial charge < -0.3 is 14.8 Å². The van der Waals surface area contributed by atoms with Gasteiger partial charge in [-0.1, -0.05) is 0 Å². The molecule has 1 aromatic heterocycles. The number of aliphatic hydroxyl groups excluding tert-OH is 1. The molecule has 84 valence electrons. The quantitative estimate of drug-likeness (QED) is 0.809. The van der Waals surface area contributed by atoms with E-state index in [1.807, 2.05) is 0 Å². The minimum atomic E-state index is -1.59. The lowest BCUT2D eigenvalue weighted by molar-refractivity contribution is -0.146. The molecule has 2 aromatic rings. The number of aryl methyl sites for hydroxylation is 1. The molecule has 1 aromatic carbocycles. The van der Waals surface area contributed by atoms with Crippen molar-refractivity contribution in [1.82, 2.24) is 4.57 Å². The summed E-state index contributed by atoms with van der Waals surface area (Å²) in [5.74, 6) is -1.72. The fourth-order valence-electron chi connectivity index (χ4n) is 1.74. The van der Waals surface area contributed by atoms with E-state index in [0.717, 1.165) is 0 Å². The van der Waals surface area contributed by atoms with Crippen molar-refractivity contribution in [3.05, 3.63) is 35.8 Å². The number of carbonyl (C=O) groups is 1. The van der Waals surface area contributed by atoms with Crippen LogP contribution in [0.5, 0.6) is 0 Å². The van der Waals surface area contributed by atoms with Gasteiger partial charge in [-0.3, -0.25) is 0 Å². The largest absolute Gasteiger partial charge is 0.479 e. The van der Waals surface area contributed by atoms with Crippen LogP contribution in [0.4, 0.5) is 4.39 Å². The first-order valence-corrected chi connectivity index (χ1v) is 4.66. The van der Waals surface area contributed by atoms with Crippen molar-refractivity contribution in [2.75, 3.05) is 0 Å². The Morgan fingerprint density at radius 2 is 2.19 bits per heavy atom. The first kappa shape index (κ1) is 10.6. The van der Waals surface area contributed by atoms with Gasteiger partial charge in [0.1, 0.15) is 5.82 Å². The maximum Gasteiger partial charge on any atom is 0.337 e. The van der Waals surface area contributed by atoms with Gasteiger partial charge in [-0.2, -0.15) is 0 Å². The molecule has 0 bridgehead atoms. The van der Waals surface area contributed by atoms with Gasteiger partial charge in [0.15, 0.2) is 6.10 Å². The van der Waals surface area contributed by atoms with E-state index >= 15 is 0 Å². The van der Waals surface area contributed by atoms with Crippen molar-refractivity contribution in [3.63, 3.8) is 0 Å². The molecule has 1 unspecified atom stereocenters. The molecule has 2 N–H and O–H groups in total. The summed E-state index contributed by atoms with van der Waals surface area (Å²) in [6, 6.07) is 4.00.